The lowest BCUT2D eigenvalue weighted by molar-refractivity contribution is -0.141. The highest BCUT2D eigenvalue weighted by atomic mass is 19.4. The minimum atomic E-state index is -4.57. The van der Waals surface area contributed by atoms with Crippen LogP contribution in [-0.2, 0) is 6.18 Å². The van der Waals surface area contributed by atoms with E-state index in [0.717, 1.165) is 6.07 Å². The number of nitrogens with zero attached hydrogens (tertiary/aromatic N) is 1. The first-order chi connectivity index (χ1) is 5.91. The Kier molecular flexibility index (Phi) is 2.31. The molecule has 0 spiro atoms. The molecule has 0 saturated carbocycles. The lowest BCUT2D eigenvalue weighted by Crippen LogP contribution is -2.08. The summed E-state index contributed by atoms with van der Waals surface area (Å²) >= 11 is 0. The maximum absolute atomic E-state index is 11.9. The number of aromatic nitrogens is 1. The molecule has 0 saturated heterocycles. The molecule has 0 aliphatic heterocycles. The van der Waals surface area contributed by atoms with Crippen molar-refractivity contribution < 1.29 is 22.4 Å². The van der Waals surface area contributed by atoms with Gasteiger partial charge in [-0.15, -0.1) is 0 Å². The third-order valence-electron chi connectivity index (χ3n) is 1.28. The molecule has 0 aliphatic rings. The van der Waals surface area contributed by atoms with Crippen molar-refractivity contribution >= 4 is 6.04 Å². The topological polar surface area (TPSA) is 30.0 Å². The fourth-order valence-electron chi connectivity index (χ4n) is 0.678. The average molecular weight is 193 g/mol. The van der Waals surface area contributed by atoms with Crippen molar-refractivity contribution in [3.05, 3.63) is 29.6 Å². The largest absolute Gasteiger partial charge is 0.433 e. The van der Waals surface area contributed by atoms with Gasteiger partial charge in [-0.2, -0.15) is 17.6 Å². The van der Waals surface area contributed by atoms with E-state index in [9.17, 15) is 22.4 Å². The van der Waals surface area contributed by atoms with Gasteiger partial charge in [0, 0.05) is 6.20 Å². The van der Waals surface area contributed by atoms with E-state index in [0.29, 0.717) is 12.3 Å². The first kappa shape index (κ1) is 9.63. The van der Waals surface area contributed by atoms with Crippen LogP contribution in [-0.4, -0.2) is 11.0 Å². The fraction of sp³-hybridized carbons (Fsp3) is 0.143. The zero-order chi connectivity index (χ0) is 10.1. The summed E-state index contributed by atoms with van der Waals surface area (Å²) in [5.74, 6) is 0. The van der Waals surface area contributed by atoms with Gasteiger partial charge in [-0.05, 0) is 12.1 Å². The molecule has 0 radical (unpaired) electrons. The van der Waals surface area contributed by atoms with E-state index >= 15 is 0 Å². The van der Waals surface area contributed by atoms with Gasteiger partial charge in [0.2, 0.25) is 0 Å². The Morgan fingerprint density at radius 3 is 2.23 bits per heavy atom. The molecule has 0 amide bonds. The number of pyridine rings is 1. The summed E-state index contributed by atoms with van der Waals surface area (Å²) < 4.78 is 47.5. The van der Waals surface area contributed by atoms with E-state index in [4.69, 9.17) is 0 Å². The second-order valence-corrected chi connectivity index (χ2v) is 2.20. The summed E-state index contributed by atoms with van der Waals surface area (Å²) in [6, 6.07) is -0.522. The van der Waals surface area contributed by atoms with Crippen LogP contribution < -0.4 is 0 Å². The Morgan fingerprint density at radius 2 is 1.92 bits per heavy atom. The van der Waals surface area contributed by atoms with E-state index in [1.807, 2.05) is 0 Å². The number of carbonyl (C=O) groups excluding carboxylic acids is 1. The van der Waals surface area contributed by atoms with Crippen LogP contribution in [0.2, 0.25) is 0 Å². The number of rotatable bonds is 1. The van der Waals surface area contributed by atoms with Gasteiger partial charge in [-0.3, -0.25) is 9.78 Å². The molecule has 0 aromatic carbocycles. The highest BCUT2D eigenvalue weighted by molar-refractivity contribution is 5.87. The maximum atomic E-state index is 11.9. The lowest BCUT2D eigenvalue weighted by Gasteiger charge is -2.04. The van der Waals surface area contributed by atoms with Crippen molar-refractivity contribution in [2.75, 3.05) is 0 Å². The van der Waals surface area contributed by atoms with Crippen LogP contribution >= 0.6 is 0 Å². The molecule has 70 valence electrons. The molecule has 0 N–H and O–H groups in total. The van der Waals surface area contributed by atoms with Gasteiger partial charge in [0.15, 0.2) is 0 Å². The van der Waals surface area contributed by atoms with Gasteiger partial charge in [0.25, 0.3) is 0 Å². The number of halogens is 4. The van der Waals surface area contributed by atoms with Gasteiger partial charge in [0.05, 0.1) is 5.56 Å². The molecule has 1 heterocycles. The van der Waals surface area contributed by atoms with E-state index < -0.39 is 23.5 Å². The molecular formula is C7H3F4NO. The molecule has 0 fully saturated rings. The number of alkyl halides is 3. The summed E-state index contributed by atoms with van der Waals surface area (Å²) in [4.78, 5) is 12.9. The van der Waals surface area contributed by atoms with Crippen molar-refractivity contribution in [2.45, 2.75) is 6.18 Å². The van der Waals surface area contributed by atoms with Gasteiger partial charge in [0.1, 0.15) is 5.69 Å². The van der Waals surface area contributed by atoms with E-state index in [2.05, 4.69) is 4.98 Å². The van der Waals surface area contributed by atoms with Crippen LogP contribution in [0.25, 0.3) is 0 Å². The third kappa shape index (κ3) is 2.24. The third-order valence-corrected chi connectivity index (χ3v) is 1.28. The van der Waals surface area contributed by atoms with E-state index in [1.54, 1.807) is 0 Å². The van der Waals surface area contributed by atoms with Crippen LogP contribution in [0.3, 0.4) is 0 Å². The number of hydrogen-bond acceptors (Lipinski definition) is 2. The standard InChI is InChI=1S/C7H3F4NO/c8-6(13)4-1-2-5(12-3-4)7(9,10)11/h1-3H. The molecule has 1 aromatic rings. The van der Waals surface area contributed by atoms with Crippen molar-refractivity contribution in [2.24, 2.45) is 0 Å². The summed E-state index contributed by atoms with van der Waals surface area (Å²) in [5, 5.41) is 0. The van der Waals surface area contributed by atoms with Crippen molar-refractivity contribution in [3.63, 3.8) is 0 Å². The van der Waals surface area contributed by atoms with Crippen LogP contribution in [0.15, 0.2) is 18.3 Å². The Bertz CT molecular complexity index is 316. The summed E-state index contributed by atoms with van der Waals surface area (Å²) in [6.45, 7) is 0. The molecular weight excluding hydrogens is 190 g/mol. The van der Waals surface area contributed by atoms with Crippen LogP contribution in [0.5, 0.6) is 0 Å². The molecule has 1 rings (SSSR count). The van der Waals surface area contributed by atoms with Crippen LogP contribution in [0.4, 0.5) is 17.6 Å². The van der Waals surface area contributed by atoms with Gasteiger partial charge < -0.3 is 0 Å². The molecule has 6 heteroatoms. The highest BCUT2D eigenvalue weighted by Crippen LogP contribution is 2.27. The maximum Gasteiger partial charge on any atom is 0.433 e. The predicted octanol–water partition coefficient (Wildman–Crippen LogP) is 2.21. The lowest BCUT2D eigenvalue weighted by atomic mass is 10.2. The highest BCUT2D eigenvalue weighted by Gasteiger charge is 2.32. The van der Waals surface area contributed by atoms with Gasteiger partial charge >= 0.3 is 12.2 Å². The molecule has 0 atom stereocenters. The first-order valence-corrected chi connectivity index (χ1v) is 3.14. The SMILES string of the molecule is O=C(F)c1ccc(C(F)(F)F)nc1. The van der Waals surface area contributed by atoms with E-state index in [-0.39, 0.29) is 0 Å². The fourth-order valence-corrected chi connectivity index (χ4v) is 0.678. The van der Waals surface area contributed by atoms with Crippen LogP contribution in [0, 0.1) is 0 Å². The molecule has 0 bridgehead atoms. The van der Waals surface area contributed by atoms with Crippen molar-refractivity contribution in [1.29, 1.82) is 0 Å². The minimum Gasteiger partial charge on any atom is -0.255 e. The van der Waals surface area contributed by atoms with Crippen LogP contribution in [0.1, 0.15) is 16.1 Å². The molecule has 0 unspecified atom stereocenters. The normalized spacial score (nSPS) is 11.4. The number of carbonyl (C=O) groups is 1. The Balaban J connectivity index is 3.01. The molecule has 2 nitrogen and oxygen atoms in total. The monoisotopic (exact) mass is 193 g/mol. The quantitative estimate of drug-likeness (QED) is 0.505. The van der Waals surface area contributed by atoms with Gasteiger partial charge in [-0.1, -0.05) is 0 Å². The molecule has 13 heavy (non-hydrogen) atoms. The average Bonchev–Trinajstić information content (AvgIpc) is 2.03. The smallest absolute Gasteiger partial charge is 0.255 e. The summed E-state index contributed by atoms with van der Waals surface area (Å²) in [5.41, 5.74) is -1.65. The summed E-state index contributed by atoms with van der Waals surface area (Å²) in [7, 11) is 0. The second kappa shape index (κ2) is 3.12. The minimum absolute atomic E-state index is 0.493. The molecule has 1 aromatic heterocycles. The summed E-state index contributed by atoms with van der Waals surface area (Å²) in [6.07, 6.45) is -4.02. The zero-order valence-corrected chi connectivity index (χ0v) is 6.10. The predicted molar refractivity (Wildman–Crippen MR) is 34.7 cm³/mol. The Hall–Kier alpha value is -1.46. The number of hydrogen-bond donors (Lipinski definition) is 0. The first-order valence-electron chi connectivity index (χ1n) is 3.14. The Morgan fingerprint density at radius 1 is 1.31 bits per heavy atom. The Labute approximate surface area is 70.2 Å². The van der Waals surface area contributed by atoms with E-state index in [1.165, 1.54) is 0 Å². The zero-order valence-electron chi connectivity index (χ0n) is 6.10. The van der Waals surface area contributed by atoms with Gasteiger partial charge in [-0.25, -0.2) is 0 Å². The second-order valence-electron chi connectivity index (χ2n) is 2.20. The molecule has 0 aliphatic carbocycles. The van der Waals surface area contributed by atoms with Crippen molar-refractivity contribution in [1.82, 2.24) is 4.98 Å². The van der Waals surface area contributed by atoms with Crippen molar-refractivity contribution in [3.8, 4) is 0 Å².